The maximum absolute atomic E-state index is 10.7. The fourth-order valence-electron chi connectivity index (χ4n) is 1.64. The molecule has 0 aliphatic rings. The first-order valence-electron chi connectivity index (χ1n) is 5.60. The van der Waals surface area contributed by atoms with Crippen molar-refractivity contribution in [2.75, 3.05) is 7.11 Å². The molecule has 2 aromatic carbocycles. The predicted octanol–water partition coefficient (Wildman–Crippen LogP) is 3.61. The van der Waals surface area contributed by atoms with Crippen LogP contribution in [-0.4, -0.2) is 13.4 Å². The molecule has 0 atom stereocenters. The third-order valence-corrected chi connectivity index (χ3v) is 2.65. The second kappa shape index (κ2) is 5.36. The first-order valence-corrected chi connectivity index (χ1v) is 5.60. The lowest BCUT2D eigenvalue weighted by atomic mass is 10.1. The van der Waals surface area contributed by atoms with Crippen LogP contribution in [-0.2, 0) is 0 Å². The van der Waals surface area contributed by atoms with Crippen molar-refractivity contribution >= 4 is 6.29 Å². The highest BCUT2D eigenvalue weighted by atomic mass is 16.5. The van der Waals surface area contributed by atoms with Crippen molar-refractivity contribution in [3.8, 4) is 17.2 Å². The van der Waals surface area contributed by atoms with Gasteiger partial charge in [-0.2, -0.15) is 0 Å². The zero-order valence-electron chi connectivity index (χ0n) is 10.3. The molecule has 0 heterocycles. The van der Waals surface area contributed by atoms with E-state index in [1.165, 1.54) is 0 Å². The normalized spacial score (nSPS) is 9.89. The number of methoxy groups -OCH3 is 1. The van der Waals surface area contributed by atoms with Gasteiger partial charge in [-0.3, -0.25) is 4.79 Å². The number of benzene rings is 2. The van der Waals surface area contributed by atoms with Gasteiger partial charge in [0.15, 0.2) is 0 Å². The van der Waals surface area contributed by atoms with E-state index < -0.39 is 0 Å². The fourth-order valence-corrected chi connectivity index (χ4v) is 1.64. The Morgan fingerprint density at radius 2 is 1.72 bits per heavy atom. The molecule has 0 unspecified atom stereocenters. The summed E-state index contributed by atoms with van der Waals surface area (Å²) in [5.74, 6) is 2.15. The summed E-state index contributed by atoms with van der Waals surface area (Å²) >= 11 is 0. The van der Waals surface area contributed by atoms with Crippen LogP contribution in [0, 0.1) is 6.92 Å². The quantitative estimate of drug-likeness (QED) is 0.768. The average molecular weight is 242 g/mol. The third-order valence-electron chi connectivity index (χ3n) is 2.65. The summed E-state index contributed by atoms with van der Waals surface area (Å²) in [5.41, 5.74) is 1.57. The molecular formula is C15H14O3. The summed E-state index contributed by atoms with van der Waals surface area (Å²) in [5, 5.41) is 0. The zero-order valence-corrected chi connectivity index (χ0v) is 10.3. The molecule has 92 valence electrons. The number of carbonyl (C=O) groups is 1. The molecule has 0 N–H and O–H groups in total. The Kier molecular flexibility index (Phi) is 3.63. The zero-order chi connectivity index (χ0) is 13.0. The summed E-state index contributed by atoms with van der Waals surface area (Å²) in [6.45, 7) is 1.88. The van der Waals surface area contributed by atoms with Crippen molar-refractivity contribution in [1.82, 2.24) is 0 Å². The highest BCUT2D eigenvalue weighted by Gasteiger charge is 2.02. The minimum Gasteiger partial charge on any atom is -0.497 e. The molecule has 3 nitrogen and oxygen atoms in total. The van der Waals surface area contributed by atoms with Crippen molar-refractivity contribution in [1.29, 1.82) is 0 Å². The lowest BCUT2D eigenvalue weighted by molar-refractivity contribution is 0.112. The van der Waals surface area contributed by atoms with E-state index in [2.05, 4.69) is 0 Å². The summed E-state index contributed by atoms with van der Waals surface area (Å²) in [4.78, 5) is 10.7. The van der Waals surface area contributed by atoms with Gasteiger partial charge in [0.05, 0.1) is 7.11 Å². The van der Waals surface area contributed by atoms with E-state index >= 15 is 0 Å². The van der Waals surface area contributed by atoms with Crippen LogP contribution in [0.15, 0.2) is 42.5 Å². The van der Waals surface area contributed by atoms with Gasteiger partial charge in [-0.25, -0.2) is 0 Å². The minimum absolute atomic E-state index is 0.674. The van der Waals surface area contributed by atoms with E-state index in [0.29, 0.717) is 17.1 Å². The van der Waals surface area contributed by atoms with Crippen LogP contribution in [0.1, 0.15) is 15.9 Å². The molecule has 2 rings (SSSR count). The van der Waals surface area contributed by atoms with Gasteiger partial charge in [-0.15, -0.1) is 0 Å². The maximum Gasteiger partial charge on any atom is 0.150 e. The monoisotopic (exact) mass is 242 g/mol. The summed E-state index contributed by atoms with van der Waals surface area (Å²) < 4.78 is 10.8. The van der Waals surface area contributed by atoms with E-state index in [-0.39, 0.29) is 0 Å². The average Bonchev–Trinajstić information content (AvgIpc) is 2.39. The first kappa shape index (κ1) is 12.2. The smallest absolute Gasteiger partial charge is 0.150 e. The number of carbonyl (C=O) groups excluding carboxylic acids is 1. The van der Waals surface area contributed by atoms with Crippen molar-refractivity contribution in [3.05, 3.63) is 53.6 Å². The molecule has 18 heavy (non-hydrogen) atoms. The van der Waals surface area contributed by atoms with E-state index in [4.69, 9.17) is 9.47 Å². The van der Waals surface area contributed by atoms with E-state index in [1.54, 1.807) is 19.2 Å². The number of hydrogen-bond acceptors (Lipinski definition) is 3. The van der Waals surface area contributed by atoms with Crippen molar-refractivity contribution in [2.45, 2.75) is 6.92 Å². The molecule has 0 aromatic heterocycles. The van der Waals surface area contributed by atoms with E-state index in [1.807, 2.05) is 37.3 Å². The van der Waals surface area contributed by atoms with Crippen LogP contribution in [0.4, 0.5) is 0 Å². The SMILES string of the molecule is COc1cccc(Oc2ccc(C=O)c(C)c2)c1. The Morgan fingerprint density at radius 1 is 1.00 bits per heavy atom. The van der Waals surface area contributed by atoms with Crippen LogP contribution in [0.5, 0.6) is 17.2 Å². The van der Waals surface area contributed by atoms with Crippen molar-refractivity contribution in [3.63, 3.8) is 0 Å². The number of hydrogen-bond donors (Lipinski definition) is 0. The highest BCUT2D eigenvalue weighted by Crippen LogP contribution is 2.26. The first-order chi connectivity index (χ1) is 8.72. The van der Waals surface area contributed by atoms with Crippen molar-refractivity contribution < 1.29 is 14.3 Å². The second-order valence-corrected chi connectivity index (χ2v) is 3.92. The third kappa shape index (κ3) is 2.69. The van der Waals surface area contributed by atoms with Gasteiger partial charge in [-0.1, -0.05) is 6.07 Å². The Bertz CT molecular complexity index is 561. The van der Waals surface area contributed by atoms with Gasteiger partial charge >= 0.3 is 0 Å². The molecule has 3 heteroatoms. The highest BCUT2D eigenvalue weighted by molar-refractivity contribution is 5.77. The van der Waals surface area contributed by atoms with Crippen LogP contribution in [0.3, 0.4) is 0 Å². The molecule has 0 aliphatic carbocycles. The molecule has 0 saturated heterocycles. The van der Waals surface area contributed by atoms with Crippen LogP contribution < -0.4 is 9.47 Å². The van der Waals surface area contributed by atoms with Crippen molar-refractivity contribution in [2.24, 2.45) is 0 Å². The summed E-state index contributed by atoms with van der Waals surface area (Å²) in [6, 6.07) is 12.7. The second-order valence-electron chi connectivity index (χ2n) is 3.92. The Hall–Kier alpha value is -2.29. The maximum atomic E-state index is 10.7. The number of aldehydes is 1. The molecule has 0 bridgehead atoms. The minimum atomic E-state index is 0.674. The summed E-state index contributed by atoms with van der Waals surface area (Å²) in [7, 11) is 1.61. The van der Waals surface area contributed by atoms with E-state index in [0.717, 1.165) is 17.6 Å². The summed E-state index contributed by atoms with van der Waals surface area (Å²) in [6.07, 6.45) is 0.838. The van der Waals surface area contributed by atoms with Gasteiger partial charge in [0.1, 0.15) is 23.5 Å². The van der Waals surface area contributed by atoms with Gasteiger partial charge < -0.3 is 9.47 Å². The lowest BCUT2D eigenvalue weighted by Gasteiger charge is -2.08. The topological polar surface area (TPSA) is 35.5 Å². The number of aryl methyl sites for hydroxylation is 1. The molecule has 0 fully saturated rings. The predicted molar refractivity (Wildman–Crippen MR) is 69.6 cm³/mol. The standard InChI is InChI=1S/C15H14O3/c1-11-8-15(7-6-12(11)10-16)18-14-5-3-4-13(9-14)17-2/h3-10H,1-2H3. The Labute approximate surface area is 106 Å². The van der Waals surface area contributed by atoms with Crippen LogP contribution in [0.25, 0.3) is 0 Å². The van der Waals surface area contributed by atoms with Gasteiger partial charge in [-0.05, 0) is 42.8 Å². The fraction of sp³-hybridized carbons (Fsp3) is 0.133. The van der Waals surface area contributed by atoms with E-state index in [9.17, 15) is 4.79 Å². The van der Waals surface area contributed by atoms with Crippen LogP contribution in [0.2, 0.25) is 0 Å². The lowest BCUT2D eigenvalue weighted by Crippen LogP contribution is -1.90. The number of ether oxygens (including phenoxy) is 2. The number of rotatable bonds is 4. The molecule has 0 spiro atoms. The van der Waals surface area contributed by atoms with Gasteiger partial charge in [0.2, 0.25) is 0 Å². The molecular weight excluding hydrogens is 228 g/mol. The van der Waals surface area contributed by atoms with Gasteiger partial charge in [0.25, 0.3) is 0 Å². The largest absolute Gasteiger partial charge is 0.497 e. The van der Waals surface area contributed by atoms with Crippen LogP contribution >= 0.6 is 0 Å². The molecule has 0 aliphatic heterocycles. The Morgan fingerprint density at radius 3 is 2.39 bits per heavy atom. The molecule has 0 saturated carbocycles. The Balaban J connectivity index is 2.22. The molecule has 0 amide bonds. The molecule has 2 aromatic rings. The van der Waals surface area contributed by atoms with Gasteiger partial charge in [0, 0.05) is 11.6 Å². The molecule has 0 radical (unpaired) electrons.